The van der Waals surface area contributed by atoms with Crippen molar-refractivity contribution in [2.75, 3.05) is 12.3 Å². The Labute approximate surface area is 116 Å². The van der Waals surface area contributed by atoms with Crippen LogP contribution in [0.3, 0.4) is 0 Å². The Morgan fingerprint density at radius 1 is 1.16 bits per heavy atom. The maximum atomic E-state index is 11.9. The van der Waals surface area contributed by atoms with Crippen LogP contribution in [0.5, 0.6) is 0 Å². The van der Waals surface area contributed by atoms with Gasteiger partial charge in [0.25, 0.3) is 0 Å². The molecule has 1 aromatic rings. The lowest BCUT2D eigenvalue weighted by atomic mass is 9.85. The van der Waals surface area contributed by atoms with Crippen LogP contribution < -0.4 is 11.1 Å². The Hall–Kier alpha value is -1.51. The fraction of sp³-hybridized carbons (Fsp3) is 0.562. The van der Waals surface area contributed by atoms with Gasteiger partial charge in [-0.05, 0) is 29.4 Å². The van der Waals surface area contributed by atoms with E-state index in [1.807, 2.05) is 24.3 Å². The third-order valence-electron chi connectivity index (χ3n) is 3.65. The van der Waals surface area contributed by atoms with Gasteiger partial charge in [0, 0.05) is 12.2 Å². The largest absolute Gasteiger partial charge is 0.398 e. The maximum Gasteiger partial charge on any atom is 0.224 e. The van der Waals surface area contributed by atoms with Gasteiger partial charge in [0.1, 0.15) is 0 Å². The standard InChI is InChI=1S/C16H26N2O/c1-11(2)14(12(3)4)10-18-16(19)9-13-7-5-6-8-15(13)17/h5-8,11-12,14H,9-10,17H2,1-4H3,(H,18,19). The molecule has 0 saturated carbocycles. The van der Waals surface area contributed by atoms with E-state index in [1.54, 1.807) is 0 Å². The van der Waals surface area contributed by atoms with Crippen LogP contribution in [0, 0.1) is 17.8 Å². The molecule has 0 atom stereocenters. The van der Waals surface area contributed by atoms with Crippen molar-refractivity contribution in [2.24, 2.45) is 17.8 Å². The average Bonchev–Trinajstić information content (AvgIpc) is 2.31. The Morgan fingerprint density at radius 3 is 2.26 bits per heavy atom. The van der Waals surface area contributed by atoms with E-state index in [9.17, 15) is 4.79 Å². The molecule has 1 aromatic carbocycles. The van der Waals surface area contributed by atoms with E-state index < -0.39 is 0 Å². The predicted octanol–water partition coefficient (Wildman–Crippen LogP) is 2.86. The summed E-state index contributed by atoms with van der Waals surface area (Å²) in [4.78, 5) is 11.9. The van der Waals surface area contributed by atoms with Gasteiger partial charge in [-0.2, -0.15) is 0 Å². The summed E-state index contributed by atoms with van der Waals surface area (Å²) < 4.78 is 0. The van der Waals surface area contributed by atoms with Gasteiger partial charge in [0.2, 0.25) is 5.91 Å². The molecular weight excluding hydrogens is 236 g/mol. The number of nitrogens with one attached hydrogen (secondary N) is 1. The minimum Gasteiger partial charge on any atom is -0.398 e. The molecule has 0 aliphatic carbocycles. The van der Waals surface area contributed by atoms with Crippen LogP contribution >= 0.6 is 0 Å². The van der Waals surface area contributed by atoms with Crippen LogP contribution in [-0.2, 0) is 11.2 Å². The Kier molecular flexibility index (Phi) is 5.87. The summed E-state index contributed by atoms with van der Waals surface area (Å²) >= 11 is 0. The molecule has 106 valence electrons. The quantitative estimate of drug-likeness (QED) is 0.775. The lowest BCUT2D eigenvalue weighted by Crippen LogP contribution is -2.34. The predicted molar refractivity (Wildman–Crippen MR) is 80.7 cm³/mol. The second-order valence-electron chi connectivity index (χ2n) is 5.83. The van der Waals surface area contributed by atoms with Gasteiger partial charge in [-0.25, -0.2) is 0 Å². The molecule has 1 amide bonds. The van der Waals surface area contributed by atoms with Crippen LogP contribution in [0.25, 0.3) is 0 Å². The summed E-state index contributed by atoms with van der Waals surface area (Å²) in [5.74, 6) is 1.70. The molecular formula is C16H26N2O. The molecule has 0 fully saturated rings. The molecule has 0 heterocycles. The van der Waals surface area contributed by atoms with E-state index in [0.29, 0.717) is 29.9 Å². The molecule has 0 saturated heterocycles. The van der Waals surface area contributed by atoms with Crippen molar-refractivity contribution in [1.29, 1.82) is 0 Å². The van der Waals surface area contributed by atoms with E-state index >= 15 is 0 Å². The molecule has 0 bridgehead atoms. The average molecular weight is 262 g/mol. The molecule has 3 heteroatoms. The number of nitrogen functional groups attached to an aromatic ring is 1. The van der Waals surface area contributed by atoms with Gasteiger partial charge in [0.15, 0.2) is 0 Å². The normalized spacial score (nSPS) is 11.3. The molecule has 0 aliphatic heterocycles. The van der Waals surface area contributed by atoms with E-state index in [1.165, 1.54) is 0 Å². The SMILES string of the molecule is CC(C)C(CNC(=O)Cc1ccccc1N)C(C)C. The Balaban J connectivity index is 2.50. The minimum atomic E-state index is 0.0456. The summed E-state index contributed by atoms with van der Waals surface area (Å²) in [5, 5.41) is 3.03. The smallest absolute Gasteiger partial charge is 0.224 e. The highest BCUT2D eigenvalue weighted by Crippen LogP contribution is 2.19. The zero-order valence-corrected chi connectivity index (χ0v) is 12.4. The number of para-hydroxylation sites is 1. The highest BCUT2D eigenvalue weighted by atomic mass is 16.1. The van der Waals surface area contributed by atoms with Gasteiger partial charge in [-0.3, -0.25) is 4.79 Å². The summed E-state index contributed by atoms with van der Waals surface area (Å²) in [6.45, 7) is 9.54. The van der Waals surface area contributed by atoms with Crippen LogP contribution in [0.4, 0.5) is 5.69 Å². The second-order valence-corrected chi connectivity index (χ2v) is 5.83. The number of hydrogen-bond donors (Lipinski definition) is 2. The van der Waals surface area contributed by atoms with E-state index in [4.69, 9.17) is 5.73 Å². The number of hydrogen-bond acceptors (Lipinski definition) is 2. The van der Waals surface area contributed by atoms with Gasteiger partial charge in [0.05, 0.1) is 6.42 Å². The molecule has 19 heavy (non-hydrogen) atoms. The molecule has 0 aliphatic rings. The molecule has 0 aromatic heterocycles. The van der Waals surface area contributed by atoms with Gasteiger partial charge < -0.3 is 11.1 Å². The summed E-state index contributed by atoms with van der Waals surface area (Å²) in [5.41, 5.74) is 7.42. The minimum absolute atomic E-state index is 0.0456. The highest BCUT2D eigenvalue weighted by Gasteiger charge is 2.18. The number of benzene rings is 1. The molecule has 1 rings (SSSR count). The van der Waals surface area contributed by atoms with Crippen LogP contribution in [0.15, 0.2) is 24.3 Å². The third kappa shape index (κ3) is 4.93. The molecule has 0 radical (unpaired) electrons. The number of amides is 1. The number of carbonyl (C=O) groups is 1. The van der Waals surface area contributed by atoms with Crippen molar-refractivity contribution in [2.45, 2.75) is 34.1 Å². The monoisotopic (exact) mass is 262 g/mol. The van der Waals surface area contributed by atoms with Crippen LogP contribution in [-0.4, -0.2) is 12.5 Å². The first-order valence-electron chi connectivity index (χ1n) is 7.02. The number of anilines is 1. The van der Waals surface area contributed by atoms with E-state index in [0.717, 1.165) is 12.1 Å². The Morgan fingerprint density at radius 2 is 1.74 bits per heavy atom. The zero-order chi connectivity index (χ0) is 14.4. The van der Waals surface area contributed by atoms with Gasteiger partial charge in [-0.1, -0.05) is 45.9 Å². The highest BCUT2D eigenvalue weighted by molar-refractivity contribution is 5.80. The number of carbonyl (C=O) groups excluding carboxylic acids is 1. The zero-order valence-electron chi connectivity index (χ0n) is 12.4. The Bertz CT molecular complexity index is 405. The van der Waals surface area contributed by atoms with Gasteiger partial charge >= 0.3 is 0 Å². The summed E-state index contributed by atoms with van der Waals surface area (Å²) in [6, 6.07) is 7.51. The van der Waals surface area contributed by atoms with Crippen molar-refractivity contribution in [1.82, 2.24) is 5.32 Å². The summed E-state index contributed by atoms with van der Waals surface area (Å²) in [6.07, 6.45) is 0.357. The van der Waals surface area contributed by atoms with Crippen LogP contribution in [0.1, 0.15) is 33.3 Å². The van der Waals surface area contributed by atoms with E-state index in [-0.39, 0.29) is 5.91 Å². The van der Waals surface area contributed by atoms with Crippen molar-refractivity contribution in [3.05, 3.63) is 29.8 Å². The molecule has 3 nitrogen and oxygen atoms in total. The van der Waals surface area contributed by atoms with Crippen LogP contribution in [0.2, 0.25) is 0 Å². The first kappa shape index (κ1) is 15.5. The fourth-order valence-electron chi connectivity index (χ4n) is 2.40. The van der Waals surface area contributed by atoms with Crippen molar-refractivity contribution in [3.8, 4) is 0 Å². The van der Waals surface area contributed by atoms with Gasteiger partial charge in [-0.15, -0.1) is 0 Å². The van der Waals surface area contributed by atoms with Crippen molar-refractivity contribution >= 4 is 11.6 Å². The topological polar surface area (TPSA) is 55.1 Å². The lowest BCUT2D eigenvalue weighted by molar-refractivity contribution is -0.120. The third-order valence-corrected chi connectivity index (χ3v) is 3.65. The van der Waals surface area contributed by atoms with Crippen molar-refractivity contribution < 1.29 is 4.79 Å². The summed E-state index contributed by atoms with van der Waals surface area (Å²) in [7, 11) is 0. The molecule has 3 N–H and O–H groups in total. The second kappa shape index (κ2) is 7.17. The number of rotatable bonds is 6. The number of nitrogens with two attached hydrogens (primary N) is 1. The van der Waals surface area contributed by atoms with Crippen molar-refractivity contribution in [3.63, 3.8) is 0 Å². The fourth-order valence-corrected chi connectivity index (χ4v) is 2.40. The molecule has 0 spiro atoms. The first-order valence-corrected chi connectivity index (χ1v) is 7.02. The maximum absolute atomic E-state index is 11.9. The lowest BCUT2D eigenvalue weighted by Gasteiger charge is -2.25. The molecule has 0 unspecified atom stereocenters. The van der Waals surface area contributed by atoms with E-state index in [2.05, 4.69) is 33.0 Å². The first-order chi connectivity index (χ1) is 8.91.